The van der Waals surface area contributed by atoms with Crippen LogP contribution in [0.25, 0.3) is 0 Å². The van der Waals surface area contributed by atoms with E-state index in [0.29, 0.717) is 5.92 Å². The number of ketones is 1. The minimum absolute atomic E-state index is 0. The van der Waals surface area contributed by atoms with Crippen LogP contribution in [-0.4, -0.2) is 25.0 Å². The molecule has 0 aromatic heterocycles. The van der Waals surface area contributed by atoms with E-state index < -0.39 is 0 Å². The summed E-state index contributed by atoms with van der Waals surface area (Å²) in [6.45, 7) is 5.16. The van der Waals surface area contributed by atoms with Crippen LogP contribution in [0.5, 0.6) is 0 Å². The Morgan fingerprint density at radius 1 is 1.57 bits per heavy atom. The Morgan fingerprint density at radius 3 is 2.64 bits per heavy atom. The van der Waals surface area contributed by atoms with Crippen molar-refractivity contribution in [3.63, 3.8) is 0 Å². The molecule has 1 fully saturated rings. The summed E-state index contributed by atoms with van der Waals surface area (Å²) >= 11 is 0. The zero-order chi connectivity index (χ0) is 10.6. The van der Waals surface area contributed by atoms with Crippen molar-refractivity contribution < 1.29 is 11.0 Å². The molecule has 0 amide bonds. The molecule has 0 bridgehead atoms. The van der Waals surface area contributed by atoms with Gasteiger partial charge in [-0.3, -0.25) is 4.79 Å². The minimum Gasteiger partial charge on any atom is -0.381 e. The lowest BCUT2D eigenvalue weighted by Gasteiger charge is -2.26. The Kier molecular flexibility index (Phi) is 4.29. The molecule has 1 atom stereocenters. The molecule has 82 valence electrons. The third kappa shape index (κ3) is 2.66. The monoisotopic (exact) mass is 199 g/mol. The van der Waals surface area contributed by atoms with Crippen LogP contribution >= 0.6 is 0 Å². The molecular formula is C11H21NO2. The Bertz CT molecular complexity index is 235. The fourth-order valence-corrected chi connectivity index (χ4v) is 1.69. The summed E-state index contributed by atoms with van der Waals surface area (Å²) in [5.74, 6) is 0.380. The molecule has 1 rings (SSSR count). The third-order valence-corrected chi connectivity index (χ3v) is 2.90. The van der Waals surface area contributed by atoms with Crippen LogP contribution in [0.15, 0.2) is 11.6 Å². The van der Waals surface area contributed by atoms with Gasteiger partial charge in [-0.15, -0.1) is 0 Å². The van der Waals surface area contributed by atoms with Crippen molar-refractivity contribution in [3.05, 3.63) is 11.6 Å². The maximum absolute atomic E-state index is 11.7. The van der Waals surface area contributed by atoms with Crippen LogP contribution < -0.4 is 5.73 Å². The van der Waals surface area contributed by atoms with Gasteiger partial charge in [0.15, 0.2) is 5.78 Å². The van der Waals surface area contributed by atoms with Crippen LogP contribution in [0.2, 0.25) is 0 Å². The van der Waals surface area contributed by atoms with Gasteiger partial charge < -0.3 is 10.5 Å². The van der Waals surface area contributed by atoms with Crippen molar-refractivity contribution in [3.8, 4) is 0 Å². The highest BCUT2D eigenvalue weighted by Gasteiger charge is 2.26. The molecule has 3 nitrogen and oxygen atoms in total. The number of ether oxygens (including phenoxy) is 1. The number of carbonyl (C=O) groups excluding carboxylic acids is 1. The summed E-state index contributed by atoms with van der Waals surface area (Å²) in [5, 5.41) is 0. The molecule has 1 aliphatic rings. The highest BCUT2D eigenvalue weighted by atomic mass is 16.5. The van der Waals surface area contributed by atoms with E-state index in [1.807, 2.05) is 19.9 Å². The van der Waals surface area contributed by atoms with Gasteiger partial charge in [0.1, 0.15) is 0 Å². The van der Waals surface area contributed by atoms with Gasteiger partial charge in [0.25, 0.3) is 0 Å². The first-order valence-electron chi connectivity index (χ1n) is 5.17. The maximum Gasteiger partial charge on any atom is 0.175 e. The van der Waals surface area contributed by atoms with Crippen molar-refractivity contribution in [1.29, 1.82) is 0 Å². The van der Waals surface area contributed by atoms with Gasteiger partial charge in [-0.05, 0) is 38.2 Å². The van der Waals surface area contributed by atoms with Crippen molar-refractivity contribution in [1.82, 2.24) is 0 Å². The summed E-state index contributed by atoms with van der Waals surface area (Å²) in [4.78, 5) is 11.7. The molecule has 14 heavy (non-hydrogen) atoms. The second-order valence-electron chi connectivity index (χ2n) is 3.81. The molecule has 0 saturated carbocycles. The normalized spacial score (nSPS) is 22.1. The second kappa shape index (κ2) is 5.27. The zero-order valence-electron chi connectivity index (χ0n) is 8.95. The first-order chi connectivity index (χ1) is 6.66. The molecule has 0 unspecified atom stereocenters. The van der Waals surface area contributed by atoms with Gasteiger partial charge in [-0.25, -0.2) is 0 Å². The molecule has 0 radical (unpaired) electrons. The van der Waals surface area contributed by atoms with E-state index in [1.54, 1.807) is 0 Å². The van der Waals surface area contributed by atoms with E-state index in [-0.39, 0.29) is 13.3 Å². The van der Waals surface area contributed by atoms with Gasteiger partial charge in [0.05, 0.1) is 6.04 Å². The van der Waals surface area contributed by atoms with Gasteiger partial charge in [0.2, 0.25) is 0 Å². The Hall–Kier alpha value is -0.670. The average molecular weight is 199 g/mol. The highest BCUT2D eigenvalue weighted by molar-refractivity contribution is 5.98. The first-order valence-corrected chi connectivity index (χ1v) is 5.17. The average Bonchev–Trinajstić information content (AvgIpc) is 2.27. The molecule has 0 spiro atoms. The Labute approximate surface area is 86.8 Å². The van der Waals surface area contributed by atoms with Gasteiger partial charge >= 0.3 is 0 Å². The molecule has 1 saturated heterocycles. The molecule has 0 aromatic carbocycles. The quantitative estimate of drug-likeness (QED) is 0.701. The summed E-state index contributed by atoms with van der Waals surface area (Å²) in [5.41, 5.74) is 6.69. The smallest absolute Gasteiger partial charge is 0.175 e. The minimum atomic E-state index is -0.338. The largest absolute Gasteiger partial charge is 0.381 e. The van der Waals surface area contributed by atoms with E-state index in [4.69, 9.17) is 10.5 Å². The van der Waals surface area contributed by atoms with E-state index in [9.17, 15) is 4.79 Å². The topological polar surface area (TPSA) is 52.3 Å². The number of nitrogens with two attached hydrogens (primary N) is 1. The molecular weight excluding hydrogens is 178 g/mol. The summed E-state index contributed by atoms with van der Waals surface area (Å²) in [7, 11) is 0. The van der Waals surface area contributed by atoms with Gasteiger partial charge in [0, 0.05) is 14.6 Å². The maximum atomic E-state index is 11.7. The van der Waals surface area contributed by atoms with E-state index >= 15 is 0 Å². The summed E-state index contributed by atoms with van der Waals surface area (Å²) < 4.78 is 5.23. The predicted octanol–water partition coefficient (Wildman–Crippen LogP) is 1.52. The number of hydrogen-bond acceptors (Lipinski definition) is 3. The SMILES string of the molecule is CC=C(C)C(=O)[C@@H](N)C1CCOCC1.[HH]. The lowest BCUT2D eigenvalue weighted by Crippen LogP contribution is -2.41. The van der Waals surface area contributed by atoms with Crippen molar-refractivity contribution in [2.45, 2.75) is 32.7 Å². The number of carbonyl (C=O) groups is 1. The number of rotatable bonds is 3. The molecule has 1 heterocycles. The molecule has 0 aliphatic carbocycles. The van der Waals surface area contributed by atoms with Crippen LogP contribution in [0, 0.1) is 5.92 Å². The second-order valence-corrected chi connectivity index (χ2v) is 3.81. The fourth-order valence-electron chi connectivity index (χ4n) is 1.69. The first kappa shape index (κ1) is 11.4. The van der Waals surface area contributed by atoms with Crippen LogP contribution in [-0.2, 0) is 9.53 Å². The lowest BCUT2D eigenvalue weighted by atomic mass is 9.87. The zero-order valence-corrected chi connectivity index (χ0v) is 8.95. The standard InChI is InChI=1S/C11H19NO2.H2/c1-3-8(2)11(13)10(12)9-4-6-14-7-5-9;/h3,9-10H,4-7,12H2,1-2H3;1H/t10-;/m0./s1. The molecule has 2 N–H and O–H groups in total. The van der Waals surface area contributed by atoms with E-state index in [1.165, 1.54) is 0 Å². The lowest BCUT2D eigenvalue weighted by molar-refractivity contribution is -0.118. The van der Waals surface area contributed by atoms with Crippen LogP contribution in [0.1, 0.15) is 28.1 Å². The molecule has 3 heteroatoms. The van der Waals surface area contributed by atoms with E-state index in [2.05, 4.69) is 0 Å². The highest BCUT2D eigenvalue weighted by Crippen LogP contribution is 2.19. The fraction of sp³-hybridized carbons (Fsp3) is 0.727. The number of allylic oxidation sites excluding steroid dienone is 1. The number of hydrogen-bond donors (Lipinski definition) is 1. The van der Waals surface area contributed by atoms with Crippen molar-refractivity contribution in [2.24, 2.45) is 11.7 Å². The van der Waals surface area contributed by atoms with Crippen LogP contribution in [0.3, 0.4) is 0 Å². The Balaban J connectivity index is 0.00000196. The molecule has 0 aromatic rings. The van der Waals surface area contributed by atoms with Crippen LogP contribution in [0.4, 0.5) is 0 Å². The summed E-state index contributed by atoms with van der Waals surface area (Å²) in [6.07, 6.45) is 3.63. The van der Waals surface area contributed by atoms with Crippen molar-refractivity contribution >= 4 is 5.78 Å². The van der Waals surface area contributed by atoms with Gasteiger partial charge in [-0.2, -0.15) is 0 Å². The third-order valence-electron chi connectivity index (χ3n) is 2.90. The van der Waals surface area contributed by atoms with Gasteiger partial charge in [-0.1, -0.05) is 6.08 Å². The predicted molar refractivity (Wildman–Crippen MR) is 58.1 cm³/mol. The van der Waals surface area contributed by atoms with E-state index in [0.717, 1.165) is 31.6 Å². The number of Topliss-reactive ketones (excluding diaryl/α,β-unsaturated/α-hetero) is 1. The summed E-state index contributed by atoms with van der Waals surface area (Å²) in [6, 6.07) is -0.338. The molecule has 1 aliphatic heterocycles. The Morgan fingerprint density at radius 2 is 2.14 bits per heavy atom. The van der Waals surface area contributed by atoms with Crippen molar-refractivity contribution in [2.75, 3.05) is 13.2 Å².